The topological polar surface area (TPSA) is 37.3 Å². The zero-order chi connectivity index (χ0) is 16.8. The normalized spacial score (nSPS) is 12.6. The van der Waals surface area contributed by atoms with Crippen LogP contribution in [0.3, 0.4) is 0 Å². The van der Waals surface area contributed by atoms with Gasteiger partial charge in [0.1, 0.15) is 0 Å². The van der Waals surface area contributed by atoms with E-state index in [-0.39, 0.29) is 5.41 Å². The lowest BCUT2D eigenvalue weighted by atomic mass is 9.81. The quantitative estimate of drug-likeness (QED) is 0.285. The van der Waals surface area contributed by atoms with E-state index in [1.165, 1.54) is 57.8 Å². The number of carboxylic acids is 1. The van der Waals surface area contributed by atoms with Gasteiger partial charge in [0.25, 0.3) is 0 Å². The Balaban J connectivity index is 3.73. The lowest BCUT2D eigenvalue weighted by Gasteiger charge is -2.23. The van der Waals surface area contributed by atoms with Gasteiger partial charge < -0.3 is 5.11 Å². The van der Waals surface area contributed by atoms with Crippen LogP contribution in [0.5, 0.6) is 0 Å². The molecule has 0 unspecified atom stereocenters. The summed E-state index contributed by atoms with van der Waals surface area (Å²) < 4.78 is 0. The van der Waals surface area contributed by atoms with Gasteiger partial charge in [-0.15, -0.1) is 0 Å². The van der Waals surface area contributed by atoms with Crippen LogP contribution in [-0.2, 0) is 4.79 Å². The molecule has 0 aliphatic rings. The van der Waals surface area contributed by atoms with Gasteiger partial charge in [0.15, 0.2) is 0 Å². The number of hydrogen-bond donors (Lipinski definition) is 1. The Bertz CT molecular complexity index is 316. The second-order valence-corrected chi connectivity index (χ2v) is 7.13. The second-order valence-electron chi connectivity index (χ2n) is 7.13. The van der Waals surface area contributed by atoms with E-state index < -0.39 is 5.97 Å². The number of allylic oxidation sites excluding steroid dienone is 1. The highest BCUT2D eigenvalue weighted by Gasteiger charge is 2.25. The largest absolute Gasteiger partial charge is 0.478 e. The molecule has 0 atom stereocenters. The van der Waals surface area contributed by atoms with Crippen molar-refractivity contribution in [2.24, 2.45) is 5.41 Å². The van der Waals surface area contributed by atoms with Crippen LogP contribution in [0.1, 0.15) is 105 Å². The Labute approximate surface area is 138 Å². The van der Waals surface area contributed by atoms with Gasteiger partial charge in [-0.05, 0) is 24.7 Å². The minimum absolute atomic E-state index is 0.218. The molecule has 0 bridgehead atoms. The molecule has 2 nitrogen and oxygen atoms in total. The summed E-state index contributed by atoms with van der Waals surface area (Å²) in [6.07, 6.45) is 16.9. The van der Waals surface area contributed by atoms with E-state index in [2.05, 4.69) is 13.8 Å². The number of carboxylic acid groups (broad SMARTS) is 1. The highest BCUT2D eigenvalue weighted by Crippen LogP contribution is 2.30. The van der Waals surface area contributed by atoms with Gasteiger partial charge in [0, 0.05) is 5.57 Å². The number of rotatable bonds is 14. The maximum absolute atomic E-state index is 11.3. The molecule has 0 aromatic rings. The Hall–Kier alpha value is -0.790. The molecular formula is C20H38O2. The van der Waals surface area contributed by atoms with Crippen molar-refractivity contribution in [2.75, 3.05) is 0 Å². The number of aliphatic carboxylic acids is 1. The van der Waals surface area contributed by atoms with Crippen LogP contribution in [0.4, 0.5) is 0 Å². The van der Waals surface area contributed by atoms with Gasteiger partial charge in [0.2, 0.25) is 0 Å². The maximum atomic E-state index is 11.3. The molecule has 0 saturated heterocycles. The molecule has 0 aliphatic carbocycles. The van der Waals surface area contributed by atoms with Crippen molar-refractivity contribution >= 4 is 5.97 Å². The minimum Gasteiger partial charge on any atom is -0.478 e. The van der Waals surface area contributed by atoms with Gasteiger partial charge in [-0.3, -0.25) is 0 Å². The average Bonchev–Trinajstić information content (AvgIpc) is 2.47. The third-order valence-corrected chi connectivity index (χ3v) is 4.75. The number of hydrogen-bond acceptors (Lipinski definition) is 1. The molecule has 0 aliphatic heterocycles. The van der Waals surface area contributed by atoms with Crippen LogP contribution in [0.25, 0.3) is 0 Å². The first-order valence-electron chi connectivity index (χ1n) is 9.39. The Morgan fingerprint density at radius 1 is 0.864 bits per heavy atom. The van der Waals surface area contributed by atoms with Crippen LogP contribution in [0, 0.1) is 5.41 Å². The summed E-state index contributed by atoms with van der Waals surface area (Å²) in [5.41, 5.74) is 0.371. The van der Waals surface area contributed by atoms with E-state index in [9.17, 15) is 9.90 Å². The van der Waals surface area contributed by atoms with Crippen LogP contribution >= 0.6 is 0 Å². The van der Waals surface area contributed by atoms with Gasteiger partial charge in [0.05, 0.1) is 0 Å². The Morgan fingerprint density at radius 3 is 1.73 bits per heavy atom. The van der Waals surface area contributed by atoms with Crippen molar-refractivity contribution in [2.45, 2.75) is 105 Å². The van der Waals surface area contributed by atoms with Crippen molar-refractivity contribution in [3.8, 4) is 0 Å². The number of carbonyl (C=O) groups is 1. The fraction of sp³-hybridized carbons (Fsp3) is 0.850. The minimum atomic E-state index is -0.751. The third-order valence-electron chi connectivity index (χ3n) is 4.75. The van der Waals surface area contributed by atoms with E-state index in [0.717, 1.165) is 19.3 Å². The zero-order valence-electron chi connectivity index (χ0n) is 15.4. The van der Waals surface area contributed by atoms with E-state index in [1.54, 1.807) is 0 Å². The van der Waals surface area contributed by atoms with Gasteiger partial charge in [-0.1, -0.05) is 91.6 Å². The smallest absolute Gasteiger partial charge is 0.331 e. The summed E-state index contributed by atoms with van der Waals surface area (Å²) >= 11 is 0. The molecule has 130 valence electrons. The summed E-state index contributed by atoms with van der Waals surface area (Å²) in [5, 5.41) is 9.33. The van der Waals surface area contributed by atoms with Crippen molar-refractivity contribution in [1.82, 2.24) is 0 Å². The molecule has 0 amide bonds. The first-order valence-corrected chi connectivity index (χ1v) is 9.39. The molecular weight excluding hydrogens is 272 g/mol. The SMILES string of the molecule is CCCCCCCCCCCCC=C(C(=O)O)C(C)(C)CC. The van der Waals surface area contributed by atoms with Gasteiger partial charge in [-0.2, -0.15) is 0 Å². The van der Waals surface area contributed by atoms with Crippen molar-refractivity contribution in [1.29, 1.82) is 0 Å². The summed E-state index contributed by atoms with van der Waals surface area (Å²) in [7, 11) is 0. The molecule has 22 heavy (non-hydrogen) atoms. The summed E-state index contributed by atoms with van der Waals surface area (Å²) in [6.45, 7) is 8.35. The molecule has 0 aromatic heterocycles. The Kier molecular flexibility index (Phi) is 12.3. The molecule has 0 spiro atoms. The van der Waals surface area contributed by atoms with Crippen LogP contribution in [-0.4, -0.2) is 11.1 Å². The zero-order valence-corrected chi connectivity index (χ0v) is 15.4. The summed E-state index contributed by atoms with van der Waals surface area (Å²) in [4.78, 5) is 11.3. The monoisotopic (exact) mass is 310 g/mol. The molecule has 1 N–H and O–H groups in total. The standard InChI is InChI=1S/C20H38O2/c1-5-7-8-9-10-11-12-13-14-15-16-17-18(19(21)22)20(3,4)6-2/h17H,5-16H2,1-4H3,(H,21,22). The molecule has 2 heteroatoms. The lowest BCUT2D eigenvalue weighted by molar-refractivity contribution is -0.133. The van der Waals surface area contributed by atoms with E-state index in [1.807, 2.05) is 19.9 Å². The van der Waals surface area contributed by atoms with E-state index in [4.69, 9.17) is 0 Å². The fourth-order valence-electron chi connectivity index (χ4n) is 2.72. The Morgan fingerprint density at radius 2 is 1.32 bits per heavy atom. The third kappa shape index (κ3) is 10.0. The highest BCUT2D eigenvalue weighted by atomic mass is 16.4. The van der Waals surface area contributed by atoms with Gasteiger partial charge >= 0.3 is 5.97 Å². The predicted octanol–water partition coefficient (Wildman–Crippen LogP) is 6.74. The molecule has 0 saturated carbocycles. The highest BCUT2D eigenvalue weighted by molar-refractivity contribution is 5.87. The van der Waals surface area contributed by atoms with Crippen molar-refractivity contribution in [3.63, 3.8) is 0 Å². The van der Waals surface area contributed by atoms with E-state index >= 15 is 0 Å². The fourth-order valence-corrected chi connectivity index (χ4v) is 2.72. The molecule has 0 fully saturated rings. The van der Waals surface area contributed by atoms with E-state index in [0.29, 0.717) is 5.57 Å². The molecule has 0 heterocycles. The molecule has 0 rings (SSSR count). The van der Waals surface area contributed by atoms with Gasteiger partial charge in [-0.25, -0.2) is 4.79 Å². The summed E-state index contributed by atoms with van der Waals surface area (Å²) in [6, 6.07) is 0. The van der Waals surface area contributed by atoms with Crippen LogP contribution < -0.4 is 0 Å². The summed E-state index contributed by atoms with van der Waals surface area (Å²) in [5.74, 6) is -0.751. The molecule has 0 aromatic carbocycles. The first kappa shape index (κ1) is 21.2. The average molecular weight is 311 g/mol. The molecule has 0 radical (unpaired) electrons. The predicted molar refractivity (Wildman–Crippen MR) is 96.3 cm³/mol. The van der Waals surface area contributed by atoms with Crippen molar-refractivity contribution < 1.29 is 9.90 Å². The first-order chi connectivity index (χ1) is 10.5. The van der Waals surface area contributed by atoms with Crippen LogP contribution in [0.15, 0.2) is 11.6 Å². The maximum Gasteiger partial charge on any atom is 0.331 e. The number of unbranched alkanes of at least 4 members (excludes halogenated alkanes) is 10. The van der Waals surface area contributed by atoms with Crippen molar-refractivity contribution in [3.05, 3.63) is 11.6 Å². The van der Waals surface area contributed by atoms with Crippen LogP contribution in [0.2, 0.25) is 0 Å². The lowest BCUT2D eigenvalue weighted by Crippen LogP contribution is -2.20. The second kappa shape index (κ2) is 12.7.